The summed E-state index contributed by atoms with van der Waals surface area (Å²) in [6, 6.07) is 0. The van der Waals surface area contributed by atoms with Gasteiger partial charge < -0.3 is 4.98 Å². The average molecular weight is 210 g/mol. The predicted octanol–water partition coefficient (Wildman–Crippen LogP) is 1.59. The molecule has 0 saturated heterocycles. The van der Waals surface area contributed by atoms with Gasteiger partial charge in [0.15, 0.2) is 10.7 Å². The zero-order valence-electron chi connectivity index (χ0n) is 7.22. The molecule has 2 heterocycles. The van der Waals surface area contributed by atoms with Crippen LogP contribution in [0.5, 0.6) is 0 Å². The molecule has 0 aliphatic carbocycles. The molecule has 2 aromatic heterocycles. The molecular formula is C7H6N4O2S. The van der Waals surface area contributed by atoms with E-state index in [2.05, 4.69) is 15.0 Å². The van der Waals surface area contributed by atoms with E-state index in [0.29, 0.717) is 16.2 Å². The van der Waals surface area contributed by atoms with Crippen LogP contribution in [0.3, 0.4) is 0 Å². The topological polar surface area (TPSA) is 84.7 Å². The molecule has 0 aliphatic heterocycles. The molecule has 6 nitrogen and oxygen atoms in total. The van der Waals surface area contributed by atoms with Crippen molar-refractivity contribution in [3.63, 3.8) is 0 Å². The highest BCUT2D eigenvalue weighted by atomic mass is 32.2. The van der Waals surface area contributed by atoms with Crippen molar-refractivity contribution in [1.29, 1.82) is 0 Å². The van der Waals surface area contributed by atoms with Crippen LogP contribution in [0, 0.1) is 10.1 Å². The molecule has 0 amide bonds. The molecule has 7 heteroatoms. The number of nitro groups is 1. The van der Waals surface area contributed by atoms with Crippen molar-refractivity contribution in [1.82, 2.24) is 15.0 Å². The Labute approximate surface area is 82.9 Å². The van der Waals surface area contributed by atoms with E-state index in [4.69, 9.17) is 0 Å². The molecule has 1 N–H and O–H groups in total. The molecule has 0 bridgehead atoms. The van der Waals surface area contributed by atoms with Crippen LogP contribution in [0.1, 0.15) is 0 Å². The van der Waals surface area contributed by atoms with E-state index in [1.165, 1.54) is 18.0 Å². The molecule has 14 heavy (non-hydrogen) atoms. The third-order valence-electron chi connectivity index (χ3n) is 1.75. The van der Waals surface area contributed by atoms with Crippen molar-refractivity contribution in [3.8, 4) is 0 Å². The zero-order valence-corrected chi connectivity index (χ0v) is 8.04. The Balaban J connectivity index is 2.69. The lowest BCUT2D eigenvalue weighted by molar-refractivity contribution is -0.383. The summed E-state index contributed by atoms with van der Waals surface area (Å²) in [4.78, 5) is 20.9. The van der Waals surface area contributed by atoms with E-state index in [-0.39, 0.29) is 5.69 Å². The van der Waals surface area contributed by atoms with Gasteiger partial charge in [-0.2, -0.15) is 0 Å². The quantitative estimate of drug-likeness (QED) is 0.352. The summed E-state index contributed by atoms with van der Waals surface area (Å²) in [6.07, 6.45) is 4.68. The first kappa shape index (κ1) is 8.95. The number of hydrogen-bond acceptors (Lipinski definition) is 5. The number of nitrogens with zero attached hydrogens (tertiary/aromatic N) is 3. The lowest BCUT2D eigenvalue weighted by Crippen LogP contribution is -1.89. The maximum Gasteiger partial charge on any atom is 0.312 e. The number of hydrogen-bond donors (Lipinski definition) is 1. The average Bonchev–Trinajstić information content (AvgIpc) is 2.59. The van der Waals surface area contributed by atoms with Crippen molar-refractivity contribution in [3.05, 3.63) is 22.5 Å². The number of H-pyrrole nitrogens is 1. The van der Waals surface area contributed by atoms with Crippen LogP contribution in [-0.2, 0) is 0 Å². The van der Waals surface area contributed by atoms with Crippen molar-refractivity contribution < 1.29 is 4.92 Å². The van der Waals surface area contributed by atoms with Crippen LogP contribution in [0.15, 0.2) is 17.6 Å². The van der Waals surface area contributed by atoms with Crippen molar-refractivity contribution in [2.24, 2.45) is 0 Å². The fourth-order valence-corrected chi connectivity index (χ4v) is 1.46. The van der Waals surface area contributed by atoms with Crippen molar-refractivity contribution in [2.75, 3.05) is 6.26 Å². The molecule has 0 aromatic carbocycles. The first-order valence-corrected chi connectivity index (χ1v) is 4.97. The van der Waals surface area contributed by atoms with E-state index in [1.807, 2.05) is 6.26 Å². The predicted molar refractivity (Wildman–Crippen MR) is 52.3 cm³/mol. The largest absolute Gasteiger partial charge is 0.353 e. The molecule has 72 valence electrons. The van der Waals surface area contributed by atoms with Gasteiger partial charge in [0.05, 0.1) is 22.8 Å². The molecule has 0 radical (unpaired) electrons. The monoisotopic (exact) mass is 210 g/mol. The van der Waals surface area contributed by atoms with Gasteiger partial charge in [0.1, 0.15) is 0 Å². The van der Waals surface area contributed by atoms with Gasteiger partial charge in [-0.15, -0.1) is 0 Å². The highest BCUT2D eigenvalue weighted by molar-refractivity contribution is 7.98. The van der Waals surface area contributed by atoms with Gasteiger partial charge in [0.2, 0.25) is 0 Å². The minimum atomic E-state index is -0.462. The van der Waals surface area contributed by atoms with E-state index >= 15 is 0 Å². The molecule has 0 aliphatic rings. The van der Waals surface area contributed by atoms with E-state index in [0.717, 1.165) is 0 Å². The fourth-order valence-electron chi connectivity index (χ4n) is 1.12. The molecule has 0 saturated carbocycles. The number of thioether (sulfide) groups is 1. The van der Waals surface area contributed by atoms with Crippen molar-refractivity contribution in [2.45, 2.75) is 5.16 Å². The van der Waals surface area contributed by atoms with Crippen LogP contribution in [0.25, 0.3) is 11.0 Å². The van der Waals surface area contributed by atoms with Crippen LogP contribution < -0.4 is 0 Å². The number of rotatable bonds is 2. The minimum absolute atomic E-state index is 0.0160. The summed E-state index contributed by atoms with van der Waals surface area (Å²) in [5.41, 5.74) is 0.918. The highest BCUT2D eigenvalue weighted by Crippen LogP contribution is 2.23. The van der Waals surface area contributed by atoms with Gasteiger partial charge in [-0.3, -0.25) is 10.1 Å². The normalized spacial score (nSPS) is 10.6. The summed E-state index contributed by atoms with van der Waals surface area (Å²) in [6.45, 7) is 0. The van der Waals surface area contributed by atoms with Crippen LogP contribution >= 0.6 is 11.8 Å². The van der Waals surface area contributed by atoms with Crippen LogP contribution in [0.4, 0.5) is 5.69 Å². The third-order valence-corrected chi connectivity index (χ3v) is 2.31. The summed E-state index contributed by atoms with van der Waals surface area (Å²) in [5.74, 6) is 0. The van der Waals surface area contributed by atoms with Gasteiger partial charge in [-0.1, -0.05) is 11.8 Å². The van der Waals surface area contributed by atoms with E-state index in [9.17, 15) is 10.1 Å². The second kappa shape index (κ2) is 3.26. The molecule has 0 fully saturated rings. The summed E-state index contributed by atoms with van der Waals surface area (Å²) in [5, 5.41) is 11.1. The number of fused-ring (bicyclic) bond motifs is 1. The lowest BCUT2D eigenvalue weighted by Gasteiger charge is -1.93. The first-order valence-electron chi connectivity index (χ1n) is 3.75. The standard InChI is InChI=1S/C7H6N4O2S/c1-14-7-9-2-4-6(10-7)5(3-8-4)11(12)13/h2-3,8H,1H3. The second-order valence-electron chi connectivity index (χ2n) is 2.55. The van der Waals surface area contributed by atoms with Gasteiger partial charge in [0.25, 0.3) is 0 Å². The molecular weight excluding hydrogens is 204 g/mol. The van der Waals surface area contributed by atoms with Gasteiger partial charge >= 0.3 is 5.69 Å². The SMILES string of the molecule is CSc1ncc2[nH]cc([N+](=O)[O-])c2n1. The molecule has 0 atom stereocenters. The maximum atomic E-state index is 10.6. The molecule has 0 spiro atoms. The first-order chi connectivity index (χ1) is 6.72. The number of aromatic amines is 1. The van der Waals surface area contributed by atoms with Crippen LogP contribution in [0.2, 0.25) is 0 Å². The third kappa shape index (κ3) is 1.31. The smallest absolute Gasteiger partial charge is 0.312 e. The highest BCUT2D eigenvalue weighted by Gasteiger charge is 2.15. The second-order valence-corrected chi connectivity index (χ2v) is 3.32. The Morgan fingerprint density at radius 2 is 2.43 bits per heavy atom. The molecule has 2 aromatic rings. The van der Waals surface area contributed by atoms with Gasteiger partial charge in [-0.05, 0) is 6.26 Å². The lowest BCUT2D eigenvalue weighted by atomic mass is 10.4. The Morgan fingerprint density at radius 1 is 1.64 bits per heavy atom. The maximum absolute atomic E-state index is 10.6. The Bertz CT molecular complexity index is 495. The van der Waals surface area contributed by atoms with Crippen molar-refractivity contribution >= 4 is 28.5 Å². The van der Waals surface area contributed by atoms with Gasteiger partial charge in [0, 0.05) is 0 Å². The molecule has 0 unspecified atom stereocenters. The summed E-state index contributed by atoms with van der Waals surface area (Å²) in [7, 11) is 0. The Hall–Kier alpha value is -1.63. The van der Waals surface area contributed by atoms with Crippen LogP contribution in [-0.4, -0.2) is 26.1 Å². The van der Waals surface area contributed by atoms with E-state index in [1.54, 1.807) is 6.20 Å². The minimum Gasteiger partial charge on any atom is -0.353 e. The zero-order chi connectivity index (χ0) is 10.1. The number of aromatic nitrogens is 3. The number of nitrogens with one attached hydrogen (secondary N) is 1. The fraction of sp³-hybridized carbons (Fsp3) is 0.143. The summed E-state index contributed by atoms with van der Waals surface area (Å²) < 4.78 is 0. The molecule has 2 rings (SSSR count). The van der Waals surface area contributed by atoms with E-state index < -0.39 is 4.92 Å². The Kier molecular flexibility index (Phi) is 2.08. The Morgan fingerprint density at radius 3 is 3.07 bits per heavy atom. The van der Waals surface area contributed by atoms with Gasteiger partial charge in [-0.25, -0.2) is 9.97 Å². The summed E-state index contributed by atoms with van der Waals surface area (Å²) >= 11 is 1.35.